The maximum Gasteiger partial charge on any atom is 0.311 e. The first-order valence-electron chi connectivity index (χ1n) is 5.85. The molecular weight excluding hydrogens is 244 g/mol. The van der Waals surface area contributed by atoms with E-state index in [1.807, 2.05) is 30.3 Å². The van der Waals surface area contributed by atoms with Crippen molar-refractivity contribution >= 4 is 22.3 Å². The smallest absolute Gasteiger partial charge is 0.311 e. The highest BCUT2D eigenvalue weighted by Gasteiger charge is 2.16. The fraction of sp³-hybridized carbons (Fsp3) is 0.154. The molecule has 3 N–H and O–H groups in total. The second kappa shape index (κ2) is 5.92. The van der Waals surface area contributed by atoms with Gasteiger partial charge in [-0.1, -0.05) is 30.4 Å². The van der Waals surface area contributed by atoms with Crippen molar-refractivity contribution < 1.29 is 4.92 Å². The van der Waals surface area contributed by atoms with Gasteiger partial charge in [0.15, 0.2) is 0 Å². The number of benzene rings is 1. The molecule has 0 amide bonds. The van der Waals surface area contributed by atoms with Crippen LogP contribution in [-0.4, -0.2) is 23.0 Å². The zero-order chi connectivity index (χ0) is 13.7. The minimum atomic E-state index is -0.436. The van der Waals surface area contributed by atoms with Gasteiger partial charge in [-0.3, -0.25) is 10.1 Å². The molecule has 0 saturated heterocycles. The molecule has 0 aliphatic heterocycles. The van der Waals surface area contributed by atoms with Crippen molar-refractivity contribution in [2.75, 3.05) is 18.4 Å². The molecular formula is C13H14N4O2. The number of fused-ring (bicyclic) bond motifs is 1. The van der Waals surface area contributed by atoms with Crippen LogP contribution in [-0.2, 0) is 0 Å². The van der Waals surface area contributed by atoms with Gasteiger partial charge in [0.25, 0.3) is 0 Å². The molecule has 0 aliphatic carbocycles. The van der Waals surface area contributed by atoms with Gasteiger partial charge < -0.3 is 11.1 Å². The summed E-state index contributed by atoms with van der Waals surface area (Å²) in [5.74, 6) is 0. The molecule has 0 bridgehead atoms. The summed E-state index contributed by atoms with van der Waals surface area (Å²) < 4.78 is 0. The standard InChI is InChI=1S/C13H14N4O2/c14-7-3-4-8-15-13-10-5-1-2-6-11(10)16-9-12(13)17(18)19/h1-6,9H,7-8,14H2,(H,15,16)/b4-3+. The van der Waals surface area contributed by atoms with E-state index >= 15 is 0 Å². The summed E-state index contributed by atoms with van der Waals surface area (Å²) in [5, 5.41) is 14.8. The van der Waals surface area contributed by atoms with Crippen LogP contribution in [0, 0.1) is 10.1 Å². The molecule has 0 saturated carbocycles. The van der Waals surface area contributed by atoms with Gasteiger partial charge in [0, 0.05) is 18.5 Å². The lowest BCUT2D eigenvalue weighted by Gasteiger charge is -2.08. The van der Waals surface area contributed by atoms with E-state index < -0.39 is 4.92 Å². The average molecular weight is 258 g/mol. The second-order valence-electron chi connectivity index (χ2n) is 3.88. The van der Waals surface area contributed by atoms with Crippen LogP contribution < -0.4 is 11.1 Å². The summed E-state index contributed by atoms with van der Waals surface area (Å²) in [6.07, 6.45) is 4.90. The summed E-state index contributed by atoms with van der Waals surface area (Å²) in [6, 6.07) is 7.30. The van der Waals surface area contributed by atoms with Crippen LogP contribution >= 0.6 is 0 Å². The van der Waals surface area contributed by atoms with Crippen LogP contribution in [0.5, 0.6) is 0 Å². The summed E-state index contributed by atoms with van der Waals surface area (Å²) >= 11 is 0. The topological polar surface area (TPSA) is 94.1 Å². The number of hydrogen-bond acceptors (Lipinski definition) is 5. The number of aromatic nitrogens is 1. The Morgan fingerprint density at radius 3 is 2.89 bits per heavy atom. The molecule has 1 heterocycles. The van der Waals surface area contributed by atoms with E-state index in [0.29, 0.717) is 18.8 Å². The van der Waals surface area contributed by atoms with Gasteiger partial charge in [-0.15, -0.1) is 0 Å². The maximum atomic E-state index is 11.0. The van der Waals surface area contributed by atoms with E-state index in [0.717, 1.165) is 10.9 Å². The van der Waals surface area contributed by atoms with Crippen molar-refractivity contribution in [2.45, 2.75) is 0 Å². The largest absolute Gasteiger partial charge is 0.375 e. The maximum absolute atomic E-state index is 11.0. The van der Waals surface area contributed by atoms with Crippen LogP contribution in [0.3, 0.4) is 0 Å². The van der Waals surface area contributed by atoms with E-state index in [1.165, 1.54) is 6.20 Å². The molecule has 0 unspecified atom stereocenters. The average Bonchev–Trinajstić information content (AvgIpc) is 2.43. The lowest BCUT2D eigenvalue weighted by molar-refractivity contribution is -0.384. The predicted molar refractivity (Wildman–Crippen MR) is 75.1 cm³/mol. The summed E-state index contributed by atoms with van der Waals surface area (Å²) in [5.41, 5.74) is 6.52. The van der Waals surface area contributed by atoms with Crippen LogP contribution in [0.15, 0.2) is 42.6 Å². The number of anilines is 1. The van der Waals surface area contributed by atoms with Gasteiger partial charge in [0.2, 0.25) is 0 Å². The van der Waals surface area contributed by atoms with Gasteiger partial charge in [0.05, 0.1) is 10.4 Å². The molecule has 98 valence electrons. The fourth-order valence-corrected chi connectivity index (χ4v) is 1.80. The Labute approximate surface area is 110 Å². The highest BCUT2D eigenvalue weighted by molar-refractivity contribution is 5.95. The van der Waals surface area contributed by atoms with Gasteiger partial charge in [-0.2, -0.15) is 0 Å². The summed E-state index contributed by atoms with van der Waals surface area (Å²) in [7, 11) is 0. The number of nitrogens with one attached hydrogen (secondary N) is 1. The van der Waals surface area contributed by atoms with Gasteiger partial charge in [0.1, 0.15) is 11.9 Å². The SMILES string of the molecule is NC/C=C/CNc1c([N+](=O)[O-])cnc2ccccc12. The van der Waals surface area contributed by atoms with E-state index in [-0.39, 0.29) is 5.69 Å². The number of nitrogens with zero attached hydrogens (tertiary/aromatic N) is 2. The van der Waals surface area contributed by atoms with Crippen molar-refractivity contribution in [1.29, 1.82) is 0 Å². The minimum absolute atomic E-state index is 0.0279. The summed E-state index contributed by atoms with van der Waals surface area (Å²) in [6.45, 7) is 0.924. The number of para-hydroxylation sites is 1. The molecule has 0 spiro atoms. The van der Waals surface area contributed by atoms with Crippen LogP contribution in [0.4, 0.5) is 11.4 Å². The van der Waals surface area contributed by atoms with Crippen molar-refractivity contribution in [3.8, 4) is 0 Å². The molecule has 1 aromatic carbocycles. The van der Waals surface area contributed by atoms with Crippen molar-refractivity contribution in [3.63, 3.8) is 0 Å². The third kappa shape index (κ3) is 2.86. The number of rotatable bonds is 5. The van der Waals surface area contributed by atoms with Gasteiger partial charge >= 0.3 is 5.69 Å². The molecule has 0 radical (unpaired) electrons. The van der Waals surface area contributed by atoms with Gasteiger partial charge in [-0.25, -0.2) is 4.98 Å². The van der Waals surface area contributed by atoms with Crippen LogP contribution in [0.25, 0.3) is 10.9 Å². The molecule has 1 aromatic heterocycles. The molecule has 2 aromatic rings. The van der Waals surface area contributed by atoms with E-state index in [2.05, 4.69) is 10.3 Å². The Bertz CT molecular complexity index is 625. The molecule has 0 fully saturated rings. The Morgan fingerprint density at radius 2 is 2.16 bits per heavy atom. The van der Waals surface area contributed by atoms with Crippen LogP contribution in [0.2, 0.25) is 0 Å². The number of hydrogen-bond donors (Lipinski definition) is 2. The molecule has 0 atom stereocenters. The highest BCUT2D eigenvalue weighted by atomic mass is 16.6. The quantitative estimate of drug-likeness (QED) is 0.486. The second-order valence-corrected chi connectivity index (χ2v) is 3.88. The Kier molecular flexibility index (Phi) is 4.04. The number of nitro groups is 1. The fourth-order valence-electron chi connectivity index (χ4n) is 1.80. The lowest BCUT2D eigenvalue weighted by atomic mass is 10.1. The first-order chi connectivity index (χ1) is 9.24. The summed E-state index contributed by atoms with van der Waals surface area (Å²) in [4.78, 5) is 14.7. The molecule has 6 heteroatoms. The Balaban J connectivity index is 2.43. The van der Waals surface area contributed by atoms with E-state index in [4.69, 9.17) is 5.73 Å². The third-order valence-corrected chi connectivity index (χ3v) is 2.65. The zero-order valence-electron chi connectivity index (χ0n) is 10.2. The molecule has 2 rings (SSSR count). The van der Waals surface area contributed by atoms with Crippen molar-refractivity contribution in [3.05, 3.63) is 52.7 Å². The Morgan fingerprint density at radius 1 is 1.37 bits per heavy atom. The normalized spacial score (nSPS) is 11.0. The minimum Gasteiger partial charge on any atom is -0.375 e. The predicted octanol–water partition coefficient (Wildman–Crippen LogP) is 2.07. The van der Waals surface area contributed by atoms with Gasteiger partial charge in [-0.05, 0) is 6.07 Å². The first kappa shape index (κ1) is 13.0. The lowest BCUT2D eigenvalue weighted by Crippen LogP contribution is -2.04. The number of pyridine rings is 1. The van der Waals surface area contributed by atoms with Crippen LogP contribution in [0.1, 0.15) is 0 Å². The molecule has 0 aliphatic rings. The molecule has 19 heavy (non-hydrogen) atoms. The third-order valence-electron chi connectivity index (χ3n) is 2.65. The molecule has 6 nitrogen and oxygen atoms in total. The van der Waals surface area contributed by atoms with Crippen molar-refractivity contribution in [1.82, 2.24) is 4.98 Å². The monoisotopic (exact) mass is 258 g/mol. The van der Waals surface area contributed by atoms with E-state index in [9.17, 15) is 10.1 Å². The Hall–Kier alpha value is -2.47. The number of nitrogens with two attached hydrogens (primary N) is 1. The zero-order valence-corrected chi connectivity index (χ0v) is 10.2. The van der Waals surface area contributed by atoms with Crippen molar-refractivity contribution in [2.24, 2.45) is 5.73 Å². The van der Waals surface area contributed by atoms with E-state index in [1.54, 1.807) is 6.08 Å². The highest BCUT2D eigenvalue weighted by Crippen LogP contribution is 2.30. The first-order valence-corrected chi connectivity index (χ1v) is 5.85.